The molecule has 5 atom stereocenters. The van der Waals surface area contributed by atoms with Crippen molar-refractivity contribution in [3.05, 3.63) is 0 Å². The number of hydrogen-bond acceptors (Lipinski definition) is 2. The van der Waals surface area contributed by atoms with Gasteiger partial charge in [0.1, 0.15) is 6.10 Å². The molecule has 2 aliphatic carbocycles. The molecule has 1 saturated heterocycles. The molecule has 3 aliphatic rings. The molecule has 2 bridgehead atoms. The standard InChI is InChI=1S/C14H24O2/c1-3-14(9-15-7-12-8-16-12)6-11-4-10(2)13(14)5-11/h10-13H,3-9H2,1-2H3/t10-,11?,12?,13?,14?/m1/s1. The van der Waals surface area contributed by atoms with Gasteiger partial charge in [-0.25, -0.2) is 0 Å². The molecule has 0 N–H and O–H groups in total. The van der Waals surface area contributed by atoms with Gasteiger partial charge >= 0.3 is 0 Å². The lowest BCUT2D eigenvalue weighted by Gasteiger charge is -2.40. The third-order valence-electron chi connectivity index (χ3n) is 5.26. The minimum Gasteiger partial charge on any atom is -0.378 e. The van der Waals surface area contributed by atoms with Crippen LogP contribution >= 0.6 is 0 Å². The third-order valence-corrected chi connectivity index (χ3v) is 5.26. The highest BCUT2D eigenvalue weighted by Gasteiger charge is 2.53. The van der Waals surface area contributed by atoms with Gasteiger partial charge in [0.25, 0.3) is 0 Å². The van der Waals surface area contributed by atoms with Gasteiger partial charge in [0.15, 0.2) is 0 Å². The summed E-state index contributed by atoms with van der Waals surface area (Å²) in [6.45, 7) is 7.52. The van der Waals surface area contributed by atoms with Crippen LogP contribution in [0.1, 0.15) is 39.5 Å². The number of rotatable bonds is 5. The molecule has 2 heteroatoms. The van der Waals surface area contributed by atoms with Crippen molar-refractivity contribution >= 4 is 0 Å². The first-order valence-corrected chi connectivity index (χ1v) is 6.93. The molecule has 0 aromatic carbocycles. The Kier molecular flexibility index (Phi) is 2.75. The zero-order chi connectivity index (χ0) is 11.2. The Hall–Kier alpha value is -0.0800. The van der Waals surface area contributed by atoms with Crippen molar-refractivity contribution in [3.63, 3.8) is 0 Å². The van der Waals surface area contributed by atoms with Crippen molar-refractivity contribution in [2.24, 2.45) is 23.2 Å². The van der Waals surface area contributed by atoms with Crippen molar-refractivity contribution in [1.29, 1.82) is 0 Å². The fraction of sp³-hybridized carbons (Fsp3) is 1.00. The van der Waals surface area contributed by atoms with Crippen LogP contribution in [0.4, 0.5) is 0 Å². The highest BCUT2D eigenvalue weighted by Crippen LogP contribution is 2.60. The van der Waals surface area contributed by atoms with Gasteiger partial charge in [-0.1, -0.05) is 13.8 Å². The van der Waals surface area contributed by atoms with E-state index >= 15 is 0 Å². The second-order valence-corrected chi connectivity index (χ2v) is 6.31. The summed E-state index contributed by atoms with van der Waals surface area (Å²) in [6, 6.07) is 0. The predicted molar refractivity (Wildman–Crippen MR) is 63.3 cm³/mol. The van der Waals surface area contributed by atoms with Crippen molar-refractivity contribution in [1.82, 2.24) is 0 Å². The molecule has 2 nitrogen and oxygen atoms in total. The lowest BCUT2D eigenvalue weighted by Crippen LogP contribution is -2.36. The van der Waals surface area contributed by atoms with Gasteiger partial charge in [0, 0.05) is 0 Å². The monoisotopic (exact) mass is 224 g/mol. The summed E-state index contributed by atoms with van der Waals surface area (Å²) >= 11 is 0. The summed E-state index contributed by atoms with van der Waals surface area (Å²) in [5.41, 5.74) is 0.511. The van der Waals surface area contributed by atoms with Crippen LogP contribution in [0.25, 0.3) is 0 Å². The molecule has 0 amide bonds. The first kappa shape index (κ1) is 11.0. The van der Waals surface area contributed by atoms with Crippen LogP contribution in [-0.4, -0.2) is 25.9 Å². The SMILES string of the molecule is CCC1(COCC2CO2)CC2CC1[C@H](C)C2. The number of hydrogen-bond donors (Lipinski definition) is 0. The fourth-order valence-electron chi connectivity index (χ4n) is 4.36. The molecule has 0 radical (unpaired) electrons. The Morgan fingerprint density at radius 2 is 2.19 bits per heavy atom. The molecule has 0 spiro atoms. The van der Waals surface area contributed by atoms with E-state index in [1.165, 1.54) is 25.7 Å². The molecule has 0 aromatic rings. The summed E-state index contributed by atoms with van der Waals surface area (Å²) in [5, 5.41) is 0. The van der Waals surface area contributed by atoms with Gasteiger partial charge in [-0.3, -0.25) is 0 Å². The molecule has 2 saturated carbocycles. The summed E-state index contributed by atoms with van der Waals surface area (Å²) in [6.07, 6.45) is 6.08. The molecule has 1 heterocycles. The molecule has 4 unspecified atom stereocenters. The van der Waals surface area contributed by atoms with Crippen LogP contribution in [0.2, 0.25) is 0 Å². The molecule has 1 aliphatic heterocycles. The zero-order valence-corrected chi connectivity index (χ0v) is 10.6. The van der Waals surface area contributed by atoms with E-state index in [4.69, 9.17) is 9.47 Å². The van der Waals surface area contributed by atoms with Crippen molar-refractivity contribution < 1.29 is 9.47 Å². The largest absolute Gasteiger partial charge is 0.378 e. The van der Waals surface area contributed by atoms with Gasteiger partial charge < -0.3 is 9.47 Å². The molecular weight excluding hydrogens is 200 g/mol. The van der Waals surface area contributed by atoms with Crippen LogP contribution < -0.4 is 0 Å². The maximum atomic E-state index is 5.91. The molecule has 3 rings (SSSR count). The topological polar surface area (TPSA) is 21.8 Å². The Morgan fingerprint density at radius 3 is 2.75 bits per heavy atom. The van der Waals surface area contributed by atoms with Gasteiger partial charge in [0.05, 0.1) is 19.8 Å². The van der Waals surface area contributed by atoms with E-state index in [1.54, 1.807) is 0 Å². The van der Waals surface area contributed by atoms with Gasteiger partial charge in [-0.2, -0.15) is 0 Å². The summed E-state index contributed by atoms with van der Waals surface area (Å²) in [5.74, 6) is 2.86. The number of epoxide rings is 1. The smallest absolute Gasteiger partial charge is 0.104 e. The van der Waals surface area contributed by atoms with Crippen LogP contribution in [-0.2, 0) is 9.47 Å². The molecule has 92 valence electrons. The van der Waals surface area contributed by atoms with Crippen LogP contribution in [0, 0.1) is 23.2 Å². The van der Waals surface area contributed by atoms with Crippen LogP contribution in [0.5, 0.6) is 0 Å². The minimum atomic E-state index is 0.421. The zero-order valence-electron chi connectivity index (χ0n) is 10.6. The minimum absolute atomic E-state index is 0.421. The first-order chi connectivity index (χ1) is 7.73. The number of ether oxygens (including phenoxy) is 2. The van der Waals surface area contributed by atoms with Crippen molar-refractivity contribution in [2.75, 3.05) is 19.8 Å². The molecule has 16 heavy (non-hydrogen) atoms. The lowest BCUT2D eigenvalue weighted by molar-refractivity contribution is -0.0136. The van der Waals surface area contributed by atoms with E-state index < -0.39 is 0 Å². The van der Waals surface area contributed by atoms with Crippen LogP contribution in [0.15, 0.2) is 0 Å². The fourth-order valence-corrected chi connectivity index (χ4v) is 4.36. The lowest BCUT2D eigenvalue weighted by atomic mass is 9.68. The quantitative estimate of drug-likeness (QED) is 0.670. The second kappa shape index (κ2) is 3.99. The Bertz CT molecular complexity index is 261. The van der Waals surface area contributed by atoms with Gasteiger partial charge in [0.2, 0.25) is 0 Å². The average molecular weight is 224 g/mol. The molecule has 0 aromatic heterocycles. The Balaban J connectivity index is 1.59. The van der Waals surface area contributed by atoms with E-state index in [0.29, 0.717) is 11.5 Å². The van der Waals surface area contributed by atoms with E-state index in [0.717, 1.165) is 37.6 Å². The molecular formula is C14H24O2. The summed E-state index contributed by atoms with van der Waals surface area (Å²) in [4.78, 5) is 0. The van der Waals surface area contributed by atoms with Gasteiger partial charge in [-0.15, -0.1) is 0 Å². The average Bonchev–Trinajstić information content (AvgIpc) is 2.92. The maximum Gasteiger partial charge on any atom is 0.104 e. The number of fused-ring (bicyclic) bond motifs is 2. The van der Waals surface area contributed by atoms with E-state index in [9.17, 15) is 0 Å². The maximum absolute atomic E-state index is 5.91. The predicted octanol–water partition coefficient (Wildman–Crippen LogP) is 2.86. The van der Waals surface area contributed by atoms with Crippen molar-refractivity contribution in [3.8, 4) is 0 Å². The Labute approximate surface area is 98.7 Å². The first-order valence-electron chi connectivity index (χ1n) is 6.93. The highest BCUT2D eigenvalue weighted by atomic mass is 16.6. The van der Waals surface area contributed by atoms with E-state index in [1.807, 2.05) is 0 Å². The van der Waals surface area contributed by atoms with Gasteiger partial charge in [-0.05, 0) is 48.9 Å². The summed E-state index contributed by atoms with van der Waals surface area (Å²) in [7, 11) is 0. The highest BCUT2D eigenvalue weighted by molar-refractivity contribution is 5.02. The second-order valence-electron chi connectivity index (χ2n) is 6.31. The third kappa shape index (κ3) is 1.80. The van der Waals surface area contributed by atoms with Crippen LogP contribution in [0.3, 0.4) is 0 Å². The van der Waals surface area contributed by atoms with E-state index in [2.05, 4.69) is 13.8 Å². The van der Waals surface area contributed by atoms with Crippen molar-refractivity contribution in [2.45, 2.75) is 45.6 Å². The summed E-state index contributed by atoms with van der Waals surface area (Å²) < 4.78 is 11.1. The Morgan fingerprint density at radius 1 is 1.38 bits per heavy atom. The molecule has 3 fully saturated rings. The van der Waals surface area contributed by atoms with E-state index in [-0.39, 0.29) is 0 Å². The normalized spacial score (nSPS) is 49.9.